The fourth-order valence-corrected chi connectivity index (χ4v) is 6.58. The Balaban J connectivity index is 2.77. The molecule has 0 spiro atoms. The van der Waals surface area contributed by atoms with Crippen molar-refractivity contribution in [1.82, 2.24) is 4.57 Å². The van der Waals surface area contributed by atoms with E-state index in [1.807, 2.05) is 41.5 Å². The second kappa shape index (κ2) is 10.5. The van der Waals surface area contributed by atoms with Gasteiger partial charge in [0.2, 0.25) is 10.5 Å². The minimum Gasteiger partial charge on any atom is -0.507 e. The molecular formula is C28H32ClF3NO3Si. The second-order valence-corrected chi connectivity index (χ2v) is 11.2. The van der Waals surface area contributed by atoms with E-state index in [1.165, 1.54) is 28.8 Å². The molecule has 0 saturated carbocycles. The van der Waals surface area contributed by atoms with Crippen molar-refractivity contribution < 1.29 is 22.7 Å². The van der Waals surface area contributed by atoms with Crippen molar-refractivity contribution in [3.63, 3.8) is 0 Å². The van der Waals surface area contributed by atoms with Crippen LogP contribution in [0.5, 0.6) is 5.75 Å². The van der Waals surface area contributed by atoms with Gasteiger partial charge in [-0.05, 0) is 54.2 Å². The Labute approximate surface area is 224 Å². The van der Waals surface area contributed by atoms with Crippen molar-refractivity contribution in [3.8, 4) is 16.9 Å². The summed E-state index contributed by atoms with van der Waals surface area (Å²) in [7, 11) is 4.80. The van der Waals surface area contributed by atoms with Crippen LogP contribution >= 0.6 is 11.6 Å². The number of pyridine rings is 1. The van der Waals surface area contributed by atoms with E-state index in [4.69, 9.17) is 16.0 Å². The lowest BCUT2D eigenvalue weighted by atomic mass is 9.58. The van der Waals surface area contributed by atoms with E-state index in [0.717, 1.165) is 12.1 Å². The van der Waals surface area contributed by atoms with Gasteiger partial charge in [-0.25, -0.2) is 0 Å². The Morgan fingerprint density at radius 3 is 2.08 bits per heavy atom. The molecule has 4 nitrogen and oxygen atoms in total. The fraction of sp³-hybridized carbons (Fsp3) is 0.464. The molecule has 0 fully saturated rings. The quantitative estimate of drug-likeness (QED) is 0.315. The van der Waals surface area contributed by atoms with E-state index in [-0.39, 0.29) is 56.2 Å². The van der Waals surface area contributed by atoms with E-state index in [9.17, 15) is 23.1 Å². The average molecular weight is 551 g/mol. The first-order chi connectivity index (χ1) is 17.1. The molecule has 0 bridgehead atoms. The number of aromatic nitrogens is 1. The highest BCUT2D eigenvalue weighted by atomic mass is 35.5. The smallest absolute Gasteiger partial charge is 0.416 e. The van der Waals surface area contributed by atoms with E-state index in [0.29, 0.717) is 5.52 Å². The molecular weight excluding hydrogens is 519 g/mol. The lowest BCUT2D eigenvalue weighted by Gasteiger charge is -2.49. The molecule has 9 heteroatoms. The molecule has 1 unspecified atom stereocenters. The maximum Gasteiger partial charge on any atom is 0.416 e. The van der Waals surface area contributed by atoms with Crippen molar-refractivity contribution >= 4 is 33.0 Å². The van der Waals surface area contributed by atoms with Crippen molar-refractivity contribution in [2.75, 3.05) is 0 Å². The Kier molecular flexibility index (Phi) is 8.28. The summed E-state index contributed by atoms with van der Waals surface area (Å²) in [6.07, 6.45) is -5.15. The van der Waals surface area contributed by atoms with Crippen LogP contribution in [0, 0.1) is 17.8 Å². The third-order valence-electron chi connectivity index (χ3n) is 7.50. The van der Waals surface area contributed by atoms with E-state index >= 15 is 0 Å². The van der Waals surface area contributed by atoms with Gasteiger partial charge in [0.05, 0.1) is 17.2 Å². The molecule has 0 aliphatic heterocycles. The molecule has 1 N–H and O–H groups in total. The van der Waals surface area contributed by atoms with Gasteiger partial charge in [0, 0.05) is 39.6 Å². The molecule has 3 radical (unpaired) electrons. The van der Waals surface area contributed by atoms with Gasteiger partial charge in [-0.2, -0.15) is 13.2 Å². The summed E-state index contributed by atoms with van der Waals surface area (Å²) in [6.45, 7) is 11.8. The molecule has 2 aromatic carbocycles. The van der Waals surface area contributed by atoms with E-state index < -0.39 is 23.3 Å². The summed E-state index contributed by atoms with van der Waals surface area (Å²) >= 11 is 6.32. The van der Waals surface area contributed by atoms with Gasteiger partial charge in [0.1, 0.15) is 5.75 Å². The molecule has 37 heavy (non-hydrogen) atoms. The molecule has 199 valence electrons. The molecule has 3 aromatic rings. The van der Waals surface area contributed by atoms with E-state index in [1.54, 1.807) is 7.05 Å². The number of hydrogen-bond acceptors (Lipinski definition) is 3. The van der Waals surface area contributed by atoms with Crippen molar-refractivity contribution in [3.05, 3.63) is 62.9 Å². The summed E-state index contributed by atoms with van der Waals surface area (Å²) in [6, 6.07) is 7.64. The Morgan fingerprint density at radius 1 is 1.00 bits per heavy atom. The van der Waals surface area contributed by atoms with Gasteiger partial charge >= 0.3 is 6.18 Å². The highest BCUT2D eigenvalue weighted by Crippen LogP contribution is 2.51. The van der Waals surface area contributed by atoms with Crippen molar-refractivity contribution in [1.29, 1.82) is 0 Å². The number of phenols is 1. The molecule has 0 amide bonds. The first-order valence-corrected chi connectivity index (χ1v) is 12.9. The lowest BCUT2D eigenvalue weighted by Crippen LogP contribution is -2.55. The summed E-state index contributed by atoms with van der Waals surface area (Å²) in [5, 5.41) is 11.4. The van der Waals surface area contributed by atoms with Crippen LogP contribution in [0.3, 0.4) is 0 Å². The minimum absolute atomic E-state index is 0.0787. The molecule has 0 aliphatic rings. The highest BCUT2D eigenvalue weighted by Gasteiger charge is 2.51. The van der Waals surface area contributed by atoms with Gasteiger partial charge in [-0.3, -0.25) is 4.79 Å². The minimum atomic E-state index is -4.61. The van der Waals surface area contributed by atoms with Gasteiger partial charge in [0.25, 0.3) is 5.56 Å². The standard InChI is InChI=1S/C28H32ClF3NO3Si/c1-14(2)25(36-37)27(15(3)4,16(5)6)24-23(20-13-18(29)9-11-22(20)34)19-12-17(28(30,31)32)8-10-21(19)33(7)26(24)35/h8-16,25,34H,1-7H3. The largest absolute Gasteiger partial charge is 0.507 e. The van der Waals surface area contributed by atoms with Gasteiger partial charge in [-0.15, -0.1) is 0 Å². The van der Waals surface area contributed by atoms with Crippen LogP contribution in [-0.2, 0) is 23.1 Å². The van der Waals surface area contributed by atoms with Crippen molar-refractivity contribution in [2.24, 2.45) is 24.8 Å². The Bertz CT molecular complexity index is 1360. The van der Waals surface area contributed by atoms with Crippen LogP contribution in [0.15, 0.2) is 41.2 Å². The maximum atomic E-state index is 14.3. The van der Waals surface area contributed by atoms with Gasteiger partial charge in [0.15, 0.2) is 0 Å². The molecule has 1 atom stereocenters. The number of nitrogens with zero attached hydrogens (tertiary/aromatic N) is 1. The number of aryl methyl sites for hydroxylation is 1. The Morgan fingerprint density at radius 2 is 1.59 bits per heavy atom. The number of halogens is 4. The predicted molar refractivity (Wildman–Crippen MR) is 143 cm³/mol. The maximum absolute atomic E-state index is 14.3. The van der Waals surface area contributed by atoms with Crippen LogP contribution in [-0.4, -0.2) is 26.3 Å². The van der Waals surface area contributed by atoms with Gasteiger partial charge < -0.3 is 14.1 Å². The summed E-state index contributed by atoms with van der Waals surface area (Å²) in [5.74, 6) is -0.649. The molecule has 1 aromatic heterocycles. The zero-order valence-corrected chi connectivity index (χ0v) is 23.8. The zero-order chi connectivity index (χ0) is 28.0. The highest BCUT2D eigenvalue weighted by molar-refractivity contribution is 6.31. The van der Waals surface area contributed by atoms with Crippen LogP contribution < -0.4 is 5.56 Å². The van der Waals surface area contributed by atoms with Gasteiger partial charge in [-0.1, -0.05) is 53.1 Å². The average Bonchev–Trinajstić information content (AvgIpc) is 2.80. The van der Waals surface area contributed by atoms with Crippen LogP contribution in [0.2, 0.25) is 5.02 Å². The first kappa shape index (κ1) is 29.3. The van der Waals surface area contributed by atoms with Crippen LogP contribution in [0.25, 0.3) is 22.0 Å². The second-order valence-electron chi connectivity index (χ2n) is 10.5. The summed E-state index contributed by atoms with van der Waals surface area (Å²) in [5.41, 5.74) is -1.22. The molecule has 0 aliphatic carbocycles. The number of benzene rings is 2. The number of hydrogen-bond donors (Lipinski definition) is 1. The van der Waals surface area contributed by atoms with E-state index in [2.05, 4.69) is 10.5 Å². The van der Waals surface area contributed by atoms with Crippen molar-refractivity contribution in [2.45, 2.75) is 59.2 Å². The topological polar surface area (TPSA) is 51.5 Å². The monoisotopic (exact) mass is 550 g/mol. The first-order valence-electron chi connectivity index (χ1n) is 12.2. The number of aromatic hydroxyl groups is 1. The summed E-state index contributed by atoms with van der Waals surface area (Å²) in [4.78, 5) is 14.3. The molecule has 0 saturated heterocycles. The lowest BCUT2D eigenvalue weighted by molar-refractivity contribution is -0.137. The third kappa shape index (κ3) is 4.84. The van der Waals surface area contributed by atoms with Crippen LogP contribution in [0.4, 0.5) is 13.2 Å². The summed E-state index contributed by atoms with van der Waals surface area (Å²) < 4.78 is 48.9. The number of phenolic OH excluding ortho intramolecular Hbond substituents is 1. The third-order valence-corrected chi connectivity index (χ3v) is 7.99. The Hall–Kier alpha value is -2.29. The fourth-order valence-electron chi connectivity index (χ4n) is 5.94. The number of fused-ring (bicyclic) bond motifs is 1. The number of alkyl halides is 3. The zero-order valence-electron chi connectivity index (χ0n) is 22.0. The normalized spacial score (nSPS) is 13.8. The van der Waals surface area contributed by atoms with Crippen LogP contribution in [0.1, 0.15) is 52.7 Å². The molecule has 1 heterocycles. The predicted octanol–water partition coefficient (Wildman–Crippen LogP) is 7.26. The SMILES string of the molecule is CC(C)C(O[Si])C(c1c(-c2cc(Cl)ccc2O)c2cc(C(F)(F)F)ccc2n(C)c1=O)(C(C)C)C(C)C. The number of rotatable bonds is 7. The molecule has 3 rings (SSSR count).